The van der Waals surface area contributed by atoms with Gasteiger partial charge in [-0.3, -0.25) is 4.84 Å². The van der Waals surface area contributed by atoms with E-state index in [9.17, 15) is 0 Å². The van der Waals surface area contributed by atoms with Gasteiger partial charge in [0.2, 0.25) is 0 Å². The van der Waals surface area contributed by atoms with Crippen molar-refractivity contribution in [3.05, 3.63) is 11.7 Å². The zero-order valence-electron chi connectivity index (χ0n) is 8.40. The molecule has 5 nitrogen and oxygen atoms in total. The van der Waals surface area contributed by atoms with E-state index < -0.39 is 0 Å². The van der Waals surface area contributed by atoms with Gasteiger partial charge in [-0.2, -0.15) is 16.7 Å². The van der Waals surface area contributed by atoms with Gasteiger partial charge in [0.25, 0.3) is 5.89 Å². The lowest BCUT2D eigenvalue weighted by molar-refractivity contribution is 0.0995. The van der Waals surface area contributed by atoms with Gasteiger partial charge in [-0.15, -0.1) is 0 Å². The van der Waals surface area contributed by atoms with Crippen LogP contribution in [0.1, 0.15) is 32.0 Å². The molecule has 0 aliphatic carbocycles. The quantitative estimate of drug-likeness (QED) is 0.728. The number of rotatable bonds is 6. The van der Waals surface area contributed by atoms with Crippen molar-refractivity contribution in [2.24, 2.45) is 5.90 Å². The fourth-order valence-electron chi connectivity index (χ4n) is 0.813. The average molecular weight is 217 g/mol. The summed E-state index contributed by atoms with van der Waals surface area (Å²) in [4.78, 5) is 8.49. The van der Waals surface area contributed by atoms with Crippen LogP contribution in [0.3, 0.4) is 0 Å². The minimum atomic E-state index is 0.168. The molecule has 0 aliphatic rings. The van der Waals surface area contributed by atoms with Gasteiger partial charge in [0.1, 0.15) is 6.61 Å². The van der Waals surface area contributed by atoms with E-state index in [0.717, 1.165) is 12.2 Å². The standard InChI is InChI=1S/C8H15N3O2S/c1-3-6(2)14-5-7-10-8(4-12-9)13-11-7/h6H,3-5,9H2,1-2H3. The van der Waals surface area contributed by atoms with Gasteiger partial charge in [0.15, 0.2) is 5.82 Å². The van der Waals surface area contributed by atoms with Gasteiger partial charge >= 0.3 is 0 Å². The molecule has 0 amide bonds. The predicted molar refractivity (Wildman–Crippen MR) is 54.3 cm³/mol. The van der Waals surface area contributed by atoms with Gasteiger partial charge < -0.3 is 4.52 Å². The lowest BCUT2D eigenvalue weighted by atomic mass is 10.4. The summed E-state index contributed by atoms with van der Waals surface area (Å²) in [7, 11) is 0. The van der Waals surface area contributed by atoms with E-state index in [0.29, 0.717) is 17.0 Å². The monoisotopic (exact) mass is 217 g/mol. The highest BCUT2D eigenvalue weighted by atomic mass is 32.2. The summed E-state index contributed by atoms with van der Waals surface area (Å²) in [5.41, 5.74) is 0. The minimum absolute atomic E-state index is 0.168. The van der Waals surface area contributed by atoms with Gasteiger partial charge in [-0.05, 0) is 6.42 Å². The zero-order chi connectivity index (χ0) is 10.4. The molecule has 2 N–H and O–H groups in total. The van der Waals surface area contributed by atoms with Crippen LogP contribution in [0.4, 0.5) is 0 Å². The summed E-state index contributed by atoms with van der Waals surface area (Å²) < 4.78 is 4.89. The number of hydrogen-bond acceptors (Lipinski definition) is 6. The second-order valence-electron chi connectivity index (χ2n) is 2.95. The van der Waals surface area contributed by atoms with E-state index in [2.05, 4.69) is 28.8 Å². The summed E-state index contributed by atoms with van der Waals surface area (Å²) in [6.45, 7) is 4.50. The molecule has 1 rings (SSSR count). The Bertz CT molecular complexity index is 267. The Morgan fingerprint density at radius 1 is 1.64 bits per heavy atom. The second kappa shape index (κ2) is 6.00. The van der Waals surface area contributed by atoms with E-state index in [4.69, 9.17) is 10.4 Å². The van der Waals surface area contributed by atoms with Crippen molar-refractivity contribution in [2.45, 2.75) is 37.9 Å². The molecular formula is C8H15N3O2S. The molecule has 1 aromatic rings. The summed E-state index contributed by atoms with van der Waals surface area (Å²) in [5.74, 6) is 6.77. The molecule has 0 aliphatic heterocycles. The molecule has 0 bridgehead atoms. The van der Waals surface area contributed by atoms with Gasteiger partial charge in [-0.1, -0.05) is 19.0 Å². The molecule has 0 radical (unpaired) electrons. The average Bonchev–Trinajstić information content (AvgIpc) is 2.63. The lowest BCUT2D eigenvalue weighted by Crippen LogP contribution is -1.99. The number of hydrogen-bond donors (Lipinski definition) is 1. The maximum atomic E-state index is 4.89. The smallest absolute Gasteiger partial charge is 0.254 e. The topological polar surface area (TPSA) is 74.2 Å². The number of nitrogens with zero attached hydrogens (tertiary/aromatic N) is 2. The van der Waals surface area contributed by atoms with Crippen molar-refractivity contribution in [2.75, 3.05) is 0 Å². The summed E-state index contributed by atoms with van der Waals surface area (Å²) in [6, 6.07) is 0. The summed E-state index contributed by atoms with van der Waals surface area (Å²) >= 11 is 1.80. The number of nitrogens with two attached hydrogens (primary N) is 1. The van der Waals surface area contributed by atoms with Crippen LogP contribution < -0.4 is 5.90 Å². The fraction of sp³-hybridized carbons (Fsp3) is 0.750. The number of aromatic nitrogens is 2. The Balaban J connectivity index is 2.35. The Kier molecular flexibility index (Phi) is 4.92. The molecule has 80 valence electrons. The van der Waals surface area contributed by atoms with E-state index >= 15 is 0 Å². The third-order valence-electron chi connectivity index (χ3n) is 1.79. The highest BCUT2D eigenvalue weighted by molar-refractivity contribution is 7.99. The normalized spacial score (nSPS) is 13.1. The van der Waals surface area contributed by atoms with Crippen LogP contribution in [0.5, 0.6) is 0 Å². The molecule has 1 aromatic heterocycles. The SMILES string of the molecule is CCC(C)SCc1noc(CON)n1. The summed E-state index contributed by atoms with van der Waals surface area (Å²) in [5, 5.41) is 4.41. The van der Waals surface area contributed by atoms with Gasteiger partial charge in [-0.25, -0.2) is 5.90 Å². The molecule has 6 heteroatoms. The van der Waals surface area contributed by atoms with Crippen LogP contribution >= 0.6 is 11.8 Å². The highest BCUT2D eigenvalue weighted by Gasteiger charge is 2.07. The van der Waals surface area contributed by atoms with Crippen molar-refractivity contribution >= 4 is 11.8 Å². The molecule has 0 spiro atoms. The zero-order valence-corrected chi connectivity index (χ0v) is 9.21. The Morgan fingerprint density at radius 3 is 3.07 bits per heavy atom. The molecule has 1 heterocycles. The van der Waals surface area contributed by atoms with Crippen molar-refractivity contribution in [3.8, 4) is 0 Å². The third-order valence-corrected chi connectivity index (χ3v) is 3.12. The van der Waals surface area contributed by atoms with Gasteiger partial charge in [0.05, 0.1) is 5.75 Å². The van der Waals surface area contributed by atoms with E-state index in [1.807, 2.05) is 0 Å². The van der Waals surface area contributed by atoms with E-state index in [1.165, 1.54) is 0 Å². The Hall–Kier alpha value is -0.590. The molecule has 14 heavy (non-hydrogen) atoms. The van der Waals surface area contributed by atoms with Crippen LogP contribution in [0, 0.1) is 0 Å². The fourth-order valence-corrected chi connectivity index (χ4v) is 1.60. The number of thioether (sulfide) groups is 1. The van der Waals surface area contributed by atoms with Crippen LogP contribution in [0.2, 0.25) is 0 Å². The predicted octanol–water partition coefficient (Wildman–Crippen LogP) is 1.49. The van der Waals surface area contributed by atoms with Crippen molar-refractivity contribution < 1.29 is 9.36 Å². The van der Waals surface area contributed by atoms with Crippen molar-refractivity contribution in [1.82, 2.24) is 10.1 Å². The lowest BCUT2D eigenvalue weighted by Gasteiger charge is -2.04. The molecule has 1 unspecified atom stereocenters. The second-order valence-corrected chi connectivity index (χ2v) is 4.37. The first kappa shape index (κ1) is 11.5. The maximum Gasteiger partial charge on any atom is 0.254 e. The molecular weight excluding hydrogens is 202 g/mol. The largest absolute Gasteiger partial charge is 0.337 e. The Morgan fingerprint density at radius 2 is 2.43 bits per heavy atom. The van der Waals surface area contributed by atoms with Crippen LogP contribution in [0.15, 0.2) is 4.52 Å². The molecule has 0 aromatic carbocycles. The molecule has 1 atom stereocenters. The molecule has 0 fully saturated rings. The first-order valence-corrected chi connectivity index (χ1v) is 5.55. The Labute approximate surface area is 87.3 Å². The van der Waals surface area contributed by atoms with Crippen LogP contribution in [-0.4, -0.2) is 15.4 Å². The summed E-state index contributed by atoms with van der Waals surface area (Å²) in [6.07, 6.45) is 1.14. The van der Waals surface area contributed by atoms with Crippen molar-refractivity contribution in [1.29, 1.82) is 0 Å². The third kappa shape index (κ3) is 3.65. The first-order chi connectivity index (χ1) is 6.76. The van der Waals surface area contributed by atoms with Gasteiger partial charge in [0, 0.05) is 5.25 Å². The van der Waals surface area contributed by atoms with Crippen LogP contribution in [-0.2, 0) is 17.2 Å². The van der Waals surface area contributed by atoms with Crippen molar-refractivity contribution in [3.63, 3.8) is 0 Å². The minimum Gasteiger partial charge on any atom is -0.337 e. The molecule has 0 saturated heterocycles. The maximum absolute atomic E-state index is 4.89. The van der Waals surface area contributed by atoms with Crippen LogP contribution in [0.25, 0.3) is 0 Å². The molecule has 0 saturated carbocycles. The highest BCUT2D eigenvalue weighted by Crippen LogP contribution is 2.17. The van der Waals surface area contributed by atoms with E-state index in [-0.39, 0.29) is 6.61 Å². The first-order valence-electron chi connectivity index (χ1n) is 4.51. The van der Waals surface area contributed by atoms with E-state index in [1.54, 1.807) is 11.8 Å².